The SMILES string of the molecule is FC(F)(F)c1ccc(-c2ccccc2)c(Oc2ccc3nnc(C(F)(F)F)n3n2)c1. The Hall–Kier alpha value is -3.63. The maximum atomic E-state index is 13.2. The van der Waals surface area contributed by atoms with Gasteiger partial charge in [0, 0.05) is 11.6 Å². The Balaban J connectivity index is 1.81. The second-order valence-electron chi connectivity index (χ2n) is 6.14. The van der Waals surface area contributed by atoms with Gasteiger partial charge in [-0.2, -0.15) is 30.9 Å². The average molecular weight is 424 g/mol. The van der Waals surface area contributed by atoms with Crippen LogP contribution in [0.2, 0.25) is 0 Å². The Bertz CT molecular complexity index is 1200. The minimum atomic E-state index is -4.82. The molecule has 0 aliphatic carbocycles. The van der Waals surface area contributed by atoms with Gasteiger partial charge in [-0.3, -0.25) is 0 Å². The summed E-state index contributed by atoms with van der Waals surface area (Å²) in [5.74, 6) is -1.95. The van der Waals surface area contributed by atoms with Gasteiger partial charge in [0.25, 0.3) is 5.82 Å². The number of benzene rings is 2. The second kappa shape index (κ2) is 7.01. The molecule has 4 aromatic rings. The van der Waals surface area contributed by atoms with Crippen LogP contribution in [0, 0.1) is 0 Å². The minimum absolute atomic E-state index is 0.193. The van der Waals surface area contributed by atoms with Crippen molar-refractivity contribution in [1.29, 1.82) is 0 Å². The molecule has 2 aromatic heterocycles. The van der Waals surface area contributed by atoms with E-state index in [1.165, 1.54) is 18.2 Å². The normalized spacial score (nSPS) is 12.3. The van der Waals surface area contributed by atoms with E-state index in [4.69, 9.17) is 4.74 Å². The number of aromatic nitrogens is 4. The first-order valence-corrected chi connectivity index (χ1v) is 8.37. The fraction of sp³-hybridized carbons (Fsp3) is 0.105. The molecule has 0 unspecified atom stereocenters. The smallest absolute Gasteiger partial charge is 0.437 e. The van der Waals surface area contributed by atoms with Crippen molar-refractivity contribution in [2.24, 2.45) is 0 Å². The summed E-state index contributed by atoms with van der Waals surface area (Å²) in [6.45, 7) is 0. The Labute approximate surface area is 164 Å². The molecule has 4 rings (SSSR count). The Morgan fingerprint density at radius 3 is 2.17 bits per heavy atom. The molecule has 0 aliphatic heterocycles. The van der Waals surface area contributed by atoms with Crippen molar-refractivity contribution in [2.45, 2.75) is 12.4 Å². The zero-order valence-electron chi connectivity index (χ0n) is 14.7. The number of hydrogen-bond acceptors (Lipinski definition) is 4. The van der Waals surface area contributed by atoms with E-state index >= 15 is 0 Å². The van der Waals surface area contributed by atoms with Crippen molar-refractivity contribution in [3.05, 3.63) is 72.1 Å². The molecule has 2 heterocycles. The highest BCUT2D eigenvalue weighted by molar-refractivity contribution is 5.71. The van der Waals surface area contributed by atoms with Crippen LogP contribution in [-0.2, 0) is 12.4 Å². The first-order valence-electron chi connectivity index (χ1n) is 8.37. The summed E-state index contributed by atoms with van der Waals surface area (Å²) in [5.41, 5.74) is -0.298. The Kier molecular flexibility index (Phi) is 4.60. The topological polar surface area (TPSA) is 52.3 Å². The largest absolute Gasteiger partial charge is 0.453 e. The van der Waals surface area contributed by atoms with Gasteiger partial charge < -0.3 is 4.74 Å². The van der Waals surface area contributed by atoms with Crippen molar-refractivity contribution in [1.82, 2.24) is 19.8 Å². The summed E-state index contributed by atoms with van der Waals surface area (Å²) in [7, 11) is 0. The maximum Gasteiger partial charge on any atom is 0.453 e. The minimum Gasteiger partial charge on any atom is -0.437 e. The monoisotopic (exact) mass is 424 g/mol. The van der Waals surface area contributed by atoms with E-state index in [1.54, 1.807) is 30.3 Å². The lowest BCUT2D eigenvalue weighted by molar-refractivity contribution is -0.146. The molecule has 0 bridgehead atoms. The van der Waals surface area contributed by atoms with Crippen LogP contribution >= 0.6 is 0 Å². The lowest BCUT2D eigenvalue weighted by Crippen LogP contribution is -2.12. The van der Waals surface area contributed by atoms with Crippen LogP contribution in [0.5, 0.6) is 11.6 Å². The molecule has 154 valence electrons. The first-order chi connectivity index (χ1) is 14.1. The van der Waals surface area contributed by atoms with Gasteiger partial charge in [-0.25, -0.2) is 0 Å². The summed E-state index contributed by atoms with van der Waals surface area (Å²) in [5, 5.41) is 10.1. The molecule has 0 radical (unpaired) electrons. The van der Waals surface area contributed by atoms with E-state index < -0.39 is 23.7 Å². The van der Waals surface area contributed by atoms with E-state index in [2.05, 4.69) is 15.3 Å². The van der Waals surface area contributed by atoms with E-state index in [-0.39, 0.29) is 17.3 Å². The lowest BCUT2D eigenvalue weighted by atomic mass is 10.0. The molecule has 0 atom stereocenters. The van der Waals surface area contributed by atoms with E-state index in [1.807, 2.05) is 0 Å². The molecule has 0 amide bonds. The van der Waals surface area contributed by atoms with E-state index in [0.29, 0.717) is 15.6 Å². The molecule has 5 nitrogen and oxygen atoms in total. The van der Waals surface area contributed by atoms with Gasteiger partial charge >= 0.3 is 12.4 Å². The summed E-state index contributed by atoms with van der Waals surface area (Å²) in [6, 6.07) is 13.7. The standard InChI is InChI=1S/C19H10F6N4O/c20-18(21,22)12-6-7-13(11-4-2-1-3-5-11)14(10-12)30-16-9-8-15-26-27-17(19(23,24)25)29(15)28-16/h1-10H. The molecule has 0 saturated carbocycles. The van der Waals surface area contributed by atoms with Crippen LogP contribution in [0.4, 0.5) is 26.3 Å². The van der Waals surface area contributed by atoms with Gasteiger partial charge in [0.1, 0.15) is 5.75 Å². The first kappa shape index (κ1) is 19.7. The molecule has 0 spiro atoms. The van der Waals surface area contributed by atoms with E-state index in [0.717, 1.165) is 12.1 Å². The highest BCUT2D eigenvalue weighted by Gasteiger charge is 2.38. The number of rotatable bonds is 3. The average Bonchev–Trinajstić information content (AvgIpc) is 3.12. The summed E-state index contributed by atoms with van der Waals surface area (Å²) >= 11 is 0. The molecular weight excluding hydrogens is 414 g/mol. The van der Waals surface area contributed by atoms with Gasteiger partial charge in [0.15, 0.2) is 5.65 Å². The van der Waals surface area contributed by atoms with Gasteiger partial charge in [0.05, 0.1) is 5.56 Å². The van der Waals surface area contributed by atoms with Crippen molar-refractivity contribution in [3.8, 4) is 22.8 Å². The number of ether oxygens (including phenoxy) is 1. The van der Waals surface area contributed by atoms with Gasteiger partial charge in [0.2, 0.25) is 5.88 Å². The molecule has 0 N–H and O–H groups in total. The zero-order chi connectivity index (χ0) is 21.5. The van der Waals surface area contributed by atoms with Crippen LogP contribution in [0.25, 0.3) is 16.8 Å². The predicted octanol–water partition coefficient (Wildman–Crippen LogP) is 5.62. The molecule has 2 aromatic carbocycles. The summed E-state index contributed by atoms with van der Waals surface area (Å²) in [4.78, 5) is 0. The predicted molar refractivity (Wildman–Crippen MR) is 92.7 cm³/mol. The highest BCUT2D eigenvalue weighted by Crippen LogP contribution is 2.39. The van der Waals surface area contributed by atoms with Crippen molar-refractivity contribution in [3.63, 3.8) is 0 Å². The second-order valence-corrected chi connectivity index (χ2v) is 6.14. The molecule has 0 saturated heterocycles. The highest BCUT2D eigenvalue weighted by atomic mass is 19.4. The van der Waals surface area contributed by atoms with Crippen LogP contribution in [0.1, 0.15) is 11.4 Å². The van der Waals surface area contributed by atoms with Crippen molar-refractivity contribution in [2.75, 3.05) is 0 Å². The third kappa shape index (κ3) is 3.78. The number of nitrogens with zero attached hydrogens (tertiary/aromatic N) is 4. The quantitative estimate of drug-likeness (QED) is 0.401. The fourth-order valence-electron chi connectivity index (χ4n) is 2.76. The van der Waals surface area contributed by atoms with Crippen LogP contribution in [0.15, 0.2) is 60.7 Å². The van der Waals surface area contributed by atoms with Crippen LogP contribution < -0.4 is 4.74 Å². The molecule has 0 aliphatic rings. The molecule has 11 heteroatoms. The molecule has 30 heavy (non-hydrogen) atoms. The van der Waals surface area contributed by atoms with Crippen LogP contribution in [-0.4, -0.2) is 19.8 Å². The third-order valence-corrected chi connectivity index (χ3v) is 4.10. The van der Waals surface area contributed by atoms with Crippen molar-refractivity contribution < 1.29 is 31.1 Å². The van der Waals surface area contributed by atoms with Crippen LogP contribution in [0.3, 0.4) is 0 Å². The Morgan fingerprint density at radius 2 is 1.50 bits per heavy atom. The number of halogens is 6. The zero-order valence-corrected chi connectivity index (χ0v) is 14.7. The van der Waals surface area contributed by atoms with Crippen molar-refractivity contribution >= 4 is 5.65 Å². The summed E-state index contributed by atoms with van der Waals surface area (Å²) < 4.78 is 84.6. The number of alkyl halides is 6. The van der Waals surface area contributed by atoms with Gasteiger partial charge in [-0.15, -0.1) is 15.3 Å². The summed E-state index contributed by atoms with van der Waals surface area (Å²) in [6.07, 6.45) is -9.46. The van der Waals surface area contributed by atoms with Gasteiger partial charge in [-0.1, -0.05) is 36.4 Å². The Morgan fingerprint density at radius 1 is 0.767 bits per heavy atom. The fourth-order valence-corrected chi connectivity index (χ4v) is 2.76. The lowest BCUT2D eigenvalue weighted by Gasteiger charge is -2.14. The molecule has 0 fully saturated rings. The number of fused-ring (bicyclic) bond motifs is 1. The number of hydrogen-bond donors (Lipinski definition) is 0. The van der Waals surface area contributed by atoms with E-state index in [9.17, 15) is 26.3 Å². The maximum absolute atomic E-state index is 13.2. The third-order valence-electron chi connectivity index (χ3n) is 4.10. The molecular formula is C19H10F6N4O. The van der Waals surface area contributed by atoms with Gasteiger partial charge in [-0.05, 0) is 23.8 Å².